The van der Waals surface area contributed by atoms with Crippen molar-refractivity contribution in [2.24, 2.45) is 5.92 Å². The minimum atomic E-state index is -0.0678. The fourth-order valence-corrected chi connectivity index (χ4v) is 1.91. The highest BCUT2D eigenvalue weighted by Gasteiger charge is 2.22. The van der Waals surface area contributed by atoms with Gasteiger partial charge in [-0.25, -0.2) is 0 Å². The molecule has 0 aliphatic carbocycles. The molecule has 1 N–H and O–H groups in total. The molecular formula is C10H19NO2. The molecule has 13 heavy (non-hydrogen) atoms. The van der Waals surface area contributed by atoms with E-state index in [1.165, 1.54) is 7.11 Å². The molecule has 0 bridgehead atoms. The lowest BCUT2D eigenvalue weighted by molar-refractivity contribution is -0.142. The summed E-state index contributed by atoms with van der Waals surface area (Å²) in [7, 11) is 1.46. The van der Waals surface area contributed by atoms with Gasteiger partial charge in [-0.2, -0.15) is 0 Å². The molecular weight excluding hydrogens is 166 g/mol. The Labute approximate surface area is 79.8 Å². The van der Waals surface area contributed by atoms with Gasteiger partial charge in [-0.3, -0.25) is 4.79 Å². The number of ether oxygens (including phenoxy) is 1. The van der Waals surface area contributed by atoms with Crippen molar-refractivity contribution in [1.82, 2.24) is 5.32 Å². The SMILES string of the molecule is CCC1CC(CC(=O)OC)CCN1. The van der Waals surface area contributed by atoms with Crippen molar-refractivity contribution in [3.63, 3.8) is 0 Å². The highest BCUT2D eigenvalue weighted by atomic mass is 16.5. The maximum atomic E-state index is 11.0. The van der Waals surface area contributed by atoms with Crippen LogP contribution in [0.3, 0.4) is 0 Å². The number of nitrogens with one attached hydrogen (secondary N) is 1. The lowest BCUT2D eigenvalue weighted by atomic mass is 9.89. The second-order valence-corrected chi connectivity index (χ2v) is 3.73. The Morgan fingerprint density at radius 3 is 3.00 bits per heavy atom. The number of methoxy groups -OCH3 is 1. The van der Waals surface area contributed by atoms with Crippen molar-refractivity contribution in [2.45, 2.75) is 38.6 Å². The molecule has 1 aliphatic heterocycles. The van der Waals surface area contributed by atoms with Crippen molar-refractivity contribution in [3.05, 3.63) is 0 Å². The Bertz CT molecular complexity index is 170. The Kier molecular flexibility index (Phi) is 4.22. The average Bonchev–Trinajstić information content (AvgIpc) is 2.18. The van der Waals surface area contributed by atoms with E-state index in [0.29, 0.717) is 18.4 Å². The van der Waals surface area contributed by atoms with E-state index in [-0.39, 0.29) is 5.97 Å². The molecule has 0 saturated carbocycles. The monoisotopic (exact) mass is 185 g/mol. The minimum absolute atomic E-state index is 0.0678. The molecule has 0 radical (unpaired) electrons. The van der Waals surface area contributed by atoms with Crippen molar-refractivity contribution >= 4 is 5.97 Å². The highest BCUT2D eigenvalue weighted by Crippen LogP contribution is 2.21. The van der Waals surface area contributed by atoms with Crippen LogP contribution < -0.4 is 5.32 Å². The average molecular weight is 185 g/mol. The lowest BCUT2D eigenvalue weighted by Gasteiger charge is -2.28. The molecule has 76 valence electrons. The predicted octanol–water partition coefficient (Wildman–Crippen LogP) is 1.33. The standard InChI is InChI=1S/C10H19NO2/c1-3-9-6-8(4-5-11-9)7-10(12)13-2/h8-9,11H,3-7H2,1-2H3. The van der Waals surface area contributed by atoms with Gasteiger partial charge >= 0.3 is 5.97 Å². The zero-order valence-corrected chi connectivity index (χ0v) is 8.51. The highest BCUT2D eigenvalue weighted by molar-refractivity contribution is 5.69. The fourth-order valence-electron chi connectivity index (χ4n) is 1.91. The number of rotatable bonds is 3. The summed E-state index contributed by atoms with van der Waals surface area (Å²) in [5.41, 5.74) is 0. The van der Waals surface area contributed by atoms with Gasteiger partial charge in [0.05, 0.1) is 7.11 Å². The second kappa shape index (κ2) is 5.22. The van der Waals surface area contributed by atoms with E-state index < -0.39 is 0 Å². The molecule has 3 heteroatoms. The number of hydrogen-bond acceptors (Lipinski definition) is 3. The largest absolute Gasteiger partial charge is 0.469 e. The topological polar surface area (TPSA) is 38.3 Å². The third-order valence-electron chi connectivity index (χ3n) is 2.78. The zero-order chi connectivity index (χ0) is 9.68. The molecule has 0 aromatic heterocycles. The number of hydrogen-bond donors (Lipinski definition) is 1. The van der Waals surface area contributed by atoms with Crippen LogP contribution in [-0.2, 0) is 9.53 Å². The summed E-state index contributed by atoms with van der Waals surface area (Å²) in [4.78, 5) is 11.0. The number of carbonyl (C=O) groups is 1. The lowest BCUT2D eigenvalue weighted by Crippen LogP contribution is -2.38. The molecule has 1 rings (SSSR count). The van der Waals surface area contributed by atoms with Crippen LogP contribution in [0.15, 0.2) is 0 Å². The summed E-state index contributed by atoms with van der Waals surface area (Å²) in [6.07, 6.45) is 3.96. The molecule has 3 nitrogen and oxygen atoms in total. The van der Waals surface area contributed by atoms with E-state index in [1.54, 1.807) is 0 Å². The molecule has 1 aliphatic rings. The quantitative estimate of drug-likeness (QED) is 0.674. The Balaban J connectivity index is 2.29. The van der Waals surface area contributed by atoms with Gasteiger partial charge in [0.25, 0.3) is 0 Å². The van der Waals surface area contributed by atoms with Gasteiger partial charge in [0.2, 0.25) is 0 Å². The normalized spacial score (nSPS) is 28.5. The van der Waals surface area contributed by atoms with Crippen LogP contribution in [0, 0.1) is 5.92 Å². The van der Waals surface area contributed by atoms with Gasteiger partial charge < -0.3 is 10.1 Å². The van der Waals surface area contributed by atoms with E-state index >= 15 is 0 Å². The maximum Gasteiger partial charge on any atom is 0.305 e. The van der Waals surface area contributed by atoms with E-state index in [2.05, 4.69) is 17.0 Å². The fraction of sp³-hybridized carbons (Fsp3) is 0.900. The van der Waals surface area contributed by atoms with Gasteiger partial charge in [-0.05, 0) is 31.7 Å². The van der Waals surface area contributed by atoms with Crippen LogP contribution in [0.5, 0.6) is 0 Å². The van der Waals surface area contributed by atoms with Gasteiger partial charge in [0.15, 0.2) is 0 Å². The Hall–Kier alpha value is -0.570. The Morgan fingerprint density at radius 2 is 2.38 bits per heavy atom. The molecule has 0 aromatic rings. The third-order valence-corrected chi connectivity index (χ3v) is 2.78. The molecule has 2 atom stereocenters. The molecule has 2 unspecified atom stereocenters. The van der Waals surface area contributed by atoms with E-state index in [9.17, 15) is 4.79 Å². The van der Waals surface area contributed by atoms with Gasteiger partial charge in [0, 0.05) is 12.5 Å². The van der Waals surface area contributed by atoms with Crippen molar-refractivity contribution in [3.8, 4) is 0 Å². The van der Waals surface area contributed by atoms with Crippen molar-refractivity contribution in [2.75, 3.05) is 13.7 Å². The van der Waals surface area contributed by atoms with Gasteiger partial charge in [-0.1, -0.05) is 6.92 Å². The molecule has 0 spiro atoms. The van der Waals surface area contributed by atoms with Crippen LogP contribution in [0.25, 0.3) is 0 Å². The predicted molar refractivity (Wildman–Crippen MR) is 51.4 cm³/mol. The summed E-state index contributed by atoms with van der Waals surface area (Å²) in [5.74, 6) is 0.459. The van der Waals surface area contributed by atoms with Crippen molar-refractivity contribution < 1.29 is 9.53 Å². The molecule has 0 amide bonds. The Morgan fingerprint density at radius 1 is 1.62 bits per heavy atom. The first-order chi connectivity index (χ1) is 6.26. The molecule has 0 aromatic carbocycles. The molecule has 1 saturated heterocycles. The van der Waals surface area contributed by atoms with Crippen LogP contribution >= 0.6 is 0 Å². The van der Waals surface area contributed by atoms with Gasteiger partial charge in [0.1, 0.15) is 0 Å². The summed E-state index contributed by atoms with van der Waals surface area (Å²) in [6.45, 7) is 3.22. The third kappa shape index (κ3) is 3.35. The van der Waals surface area contributed by atoms with Gasteiger partial charge in [-0.15, -0.1) is 0 Å². The number of piperidine rings is 1. The summed E-state index contributed by atoms with van der Waals surface area (Å²) < 4.78 is 4.66. The number of esters is 1. The minimum Gasteiger partial charge on any atom is -0.469 e. The summed E-state index contributed by atoms with van der Waals surface area (Å²) in [5, 5.41) is 3.44. The first-order valence-electron chi connectivity index (χ1n) is 5.06. The van der Waals surface area contributed by atoms with E-state index in [1.807, 2.05) is 0 Å². The first-order valence-corrected chi connectivity index (χ1v) is 5.06. The smallest absolute Gasteiger partial charge is 0.305 e. The first kappa shape index (κ1) is 10.5. The van der Waals surface area contributed by atoms with Crippen LogP contribution in [0.2, 0.25) is 0 Å². The van der Waals surface area contributed by atoms with E-state index in [4.69, 9.17) is 0 Å². The number of carbonyl (C=O) groups excluding carboxylic acids is 1. The zero-order valence-electron chi connectivity index (χ0n) is 8.51. The van der Waals surface area contributed by atoms with Crippen molar-refractivity contribution in [1.29, 1.82) is 0 Å². The molecule has 1 heterocycles. The van der Waals surface area contributed by atoms with Crippen LogP contribution in [-0.4, -0.2) is 25.7 Å². The maximum absolute atomic E-state index is 11.0. The van der Waals surface area contributed by atoms with Crippen LogP contribution in [0.1, 0.15) is 32.6 Å². The van der Waals surface area contributed by atoms with E-state index in [0.717, 1.165) is 25.8 Å². The summed E-state index contributed by atoms with van der Waals surface area (Å²) in [6, 6.07) is 0.600. The molecule has 1 fully saturated rings. The van der Waals surface area contributed by atoms with Crippen LogP contribution in [0.4, 0.5) is 0 Å². The summed E-state index contributed by atoms with van der Waals surface area (Å²) >= 11 is 0. The second-order valence-electron chi connectivity index (χ2n) is 3.73.